The molecule has 6 heteroatoms. The molecule has 1 aromatic heterocycles. The van der Waals surface area contributed by atoms with Crippen molar-refractivity contribution < 1.29 is 13.7 Å². The van der Waals surface area contributed by atoms with Gasteiger partial charge in [0.1, 0.15) is 23.1 Å². The Bertz CT molecular complexity index is 664. The van der Waals surface area contributed by atoms with Gasteiger partial charge in [-0.3, -0.25) is 0 Å². The van der Waals surface area contributed by atoms with Crippen molar-refractivity contribution in [3.8, 4) is 17.5 Å². The summed E-state index contributed by atoms with van der Waals surface area (Å²) in [4.78, 5) is 4.29. The Kier molecular flexibility index (Phi) is 4.34. The molecule has 2 aromatic rings. The van der Waals surface area contributed by atoms with E-state index >= 15 is 0 Å². The number of hydrogen-bond donors (Lipinski definition) is 0. The topological polar surface area (TPSA) is 71.9 Å². The van der Waals surface area contributed by atoms with Gasteiger partial charge < -0.3 is 9.26 Å². The standard InChI is InChI=1S/C15H16FN3O2/c1-4-15(5-2,20-3)14-18-13(21-19-14)10-7-6-8-12(16)11(10)9-17/h6-8H,4-5H2,1-3H3. The summed E-state index contributed by atoms with van der Waals surface area (Å²) in [6, 6.07) is 6.11. The van der Waals surface area contributed by atoms with Gasteiger partial charge in [0.15, 0.2) is 0 Å². The number of nitriles is 1. The van der Waals surface area contributed by atoms with Crippen molar-refractivity contribution in [2.24, 2.45) is 0 Å². The molecule has 21 heavy (non-hydrogen) atoms. The predicted octanol–water partition coefficient (Wildman–Crippen LogP) is 3.41. The fraction of sp³-hybridized carbons (Fsp3) is 0.400. The van der Waals surface area contributed by atoms with Crippen LogP contribution < -0.4 is 0 Å². The monoisotopic (exact) mass is 289 g/mol. The Labute approximate surface area is 122 Å². The lowest BCUT2D eigenvalue weighted by atomic mass is 9.96. The zero-order valence-corrected chi connectivity index (χ0v) is 12.2. The first kappa shape index (κ1) is 15.1. The zero-order chi connectivity index (χ0) is 15.5. The minimum Gasteiger partial charge on any atom is -0.370 e. The smallest absolute Gasteiger partial charge is 0.259 e. The lowest BCUT2D eigenvalue weighted by Crippen LogP contribution is -2.28. The van der Waals surface area contributed by atoms with Crippen LogP contribution in [0.25, 0.3) is 11.5 Å². The van der Waals surface area contributed by atoms with Gasteiger partial charge >= 0.3 is 0 Å². The van der Waals surface area contributed by atoms with Crippen molar-refractivity contribution in [3.63, 3.8) is 0 Å². The van der Waals surface area contributed by atoms with E-state index in [0.29, 0.717) is 18.7 Å². The number of ether oxygens (including phenoxy) is 1. The summed E-state index contributed by atoms with van der Waals surface area (Å²) in [5.41, 5.74) is -0.459. The lowest BCUT2D eigenvalue weighted by Gasteiger charge is -2.25. The van der Waals surface area contributed by atoms with E-state index in [0.717, 1.165) is 0 Å². The van der Waals surface area contributed by atoms with Crippen LogP contribution in [0, 0.1) is 17.1 Å². The summed E-state index contributed by atoms with van der Waals surface area (Å²) in [5.74, 6) is -0.0961. The van der Waals surface area contributed by atoms with E-state index in [4.69, 9.17) is 14.5 Å². The summed E-state index contributed by atoms with van der Waals surface area (Å²) in [7, 11) is 1.59. The van der Waals surface area contributed by atoms with Gasteiger partial charge in [-0.1, -0.05) is 25.1 Å². The molecule has 0 saturated carbocycles. The van der Waals surface area contributed by atoms with Gasteiger partial charge in [-0.25, -0.2) is 4.39 Å². The minimum absolute atomic E-state index is 0.108. The summed E-state index contributed by atoms with van der Waals surface area (Å²) >= 11 is 0. The van der Waals surface area contributed by atoms with E-state index in [2.05, 4.69) is 10.1 Å². The van der Waals surface area contributed by atoms with Crippen LogP contribution in [0.15, 0.2) is 22.7 Å². The van der Waals surface area contributed by atoms with E-state index in [-0.39, 0.29) is 17.0 Å². The molecule has 0 saturated heterocycles. The maximum Gasteiger partial charge on any atom is 0.259 e. The second kappa shape index (κ2) is 6.02. The molecule has 0 aliphatic carbocycles. The first-order chi connectivity index (χ1) is 10.1. The second-order valence-corrected chi connectivity index (χ2v) is 4.60. The molecular weight excluding hydrogens is 273 g/mol. The molecule has 0 unspecified atom stereocenters. The highest BCUT2D eigenvalue weighted by atomic mass is 19.1. The maximum atomic E-state index is 13.6. The van der Waals surface area contributed by atoms with Gasteiger partial charge in [0.05, 0.1) is 5.56 Å². The molecule has 1 aromatic carbocycles. The molecule has 110 valence electrons. The fourth-order valence-electron chi connectivity index (χ4n) is 2.28. The van der Waals surface area contributed by atoms with E-state index < -0.39 is 11.4 Å². The normalized spacial score (nSPS) is 11.4. The van der Waals surface area contributed by atoms with Crippen molar-refractivity contribution in [1.29, 1.82) is 5.26 Å². The number of benzene rings is 1. The molecule has 0 aliphatic heterocycles. The predicted molar refractivity (Wildman–Crippen MR) is 73.7 cm³/mol. The third-order valence-corrected chi connectivity index (χ3v) is 3.72. The molecule has 1 heterocycles. The van der Waals surface area contributed by atoms with E-state index in [1.807, 2.05) is 19.9 Å². The van der Waals surface area contributed by atoms with Gasteiger partial charge in [0, 0.05) is 7.11 Å². The van der Waals surface area contributed by atoms with Gasteiger partial charge in [-0.05, 0) is 25.0 Å². The molecule has 0 bridgehead atoms. The molecule has 0 fully saturated rings. The van der Waals surface area contributed by atoms with E-state index in [9.17, 15) is 4.39 Å². The summed E-state index contributed by atoms with van der Waals surface area (Å²) < 4.78 is 24.4. The first-order valence-corrected chi connectivity index (χ1v) is 6.70. The van der Waals surface area contributed by atoms with Gasteiger partial charge in [-0.15, -0.1) is 0 Å². The molecule has 5 nitrogen and oxygen atoms in total. The highest BCUT2D eigenvalue weighted by Crippen LogP contribution is 2.32. The molecular formula is C15H16FN3O2. The average molecular weight is 289 g/mol. The molecule has 0 spiro atoms. The highest BCUT2D eigenvalue weighted by Gasteiger charge is 2.34. The van der Waals surface area contributed by atoms with E-state index in [1.54, 1.807) is 13.2 Å². The van der Waals surface area contributed by atoms with Crippen LogP contribution in [-0.4, -0.2) is 17.3 Å². The Morgan fingerprint density at radius 2 is 2.10 bits per heavy atom. The van der Waals surface area contributed by atoms with Gasteiger partial charge in [-0.2, -0.15) is 10.2 Å². The number of rotatable bonds is 5. The van der Waals surface area contributed by atoms with Crippen molar-refractivity contribution in [2.45, 2.75) is 32.3 Å². The highest BCUT2D eigenvalue weighted by molar-refractivity contribution is 5.63. The van der Waals surface area contributed by atoms with Gasteiger partial charge in [0.25, 0.3) is 5.89 Å². The number of aromatic nitrogens is 2. The summed E-state index contributed by atoms with van der Waals surface area (Å²) in [6.07, 6.45) is 1.35. The number of nitrogens with zero attached hydrogens (tertiary/aromatic N) is 3. The minimum atomic E-state index is -0.637. The SMILES string of the molecule is CCC(CC)(OC)c1noc(-c2cccc(F)c2C#N)n1. The lowest BCUT2D eigenvalue weighted by molar-refractivity contribution is -0.0306. The van der Waals surface area contributed by atoms with Crippen molar-refractivity contribution in [3.05, 3.63) is 35.4 Å². The second-order valence-electron chi connectivity index (χ2n) is 4.60. The quantitative estimate of drug-likeness (QED) is 0.843. The Morgan fingerprint density at radius 3 is 2.67 bits per heavy atom. The zero-order valence-electron chi connectivity index (χ0n) is 12.2. The number of halogens is 1. The molecule has 0 radical (unpaired) electrons. The van der Waals surface area contributed by atoms with E-state index in [1.165, 1.54) is 12.1 Å². The Balaban J connectivity index is 2.51. The first-order valence-electron chi connectivity index (χ1n) is 6.70. The largest absolute Gasteiger partial charge is 0.370 e. The Morgan fingerprint density at radius 1 is 1.38 bits per heavy atom. The molecule has 2 rings (SSSR count). The summed E-state index contributed by atoms with van der Waals surface area (Å²) in [6.45, 7) is 3.93. The molecule has 0 atom stereocenters. The van der Waals surface area contributed by atoms with Crippen molar-refractivity contribution >= 4 is 0 Å². The van der Waals surface area contributed by atoms with Crippen LogP contribution in [0.3, 0.4) is 0 Å². The summed E-state index contributed by atoms with van der Waals surface area (Å²) in [5, 5.41) is 13.0. The maximum absolute atomic E-state index is 13.6. The van der Waals surface area contributed by atoms with Gasteiger partial charge in [0.2, 0.25) is 5.82 Å². The van der Waals surface area contributed by atoms with Crippen LogP contribution >= 0.6 is 0 Å². The number of hydrogen-bond acceptors (Lipinski definition) is 5. The molecule has 0 N–H and O–H groups in total. The fourth-order valence-corrected chi connectivity index (χ4v) is 2.28. The van der Waals surface area contributed by atoms with Crippen molar-refractivity contribution in [2.75, 3.05) is 7.11 Å². The van der Waals surface area contributed by atoms with Crippen molar-refractivity contribution in [1.82, 2.24) is 10.1 Å². The third kappa shape index (κ3) is 2.52. The number of methoxy groups -OCH3 is 1. The van der Waals surface area contributed by atoms with Crippen LogP contribution in [0.4, 0.5) is 4.39 Å². The average Bonchev–Trinajstić information content (AvgIpc) is 3.00. The van der Waals surface area contributed by atoms with Crippen LogP contribution in [0.5, 0.6) is 0 Å². The van der Waals surface area contributed by atoms with Crippen LogP contribution in [0.1, 0.15) is 38.1 Å². The van der Waals surface area contributed by atoms with Crippen LogP contribution in [-0.2, 0) is 10.3 Å². The van der Waals surface area contributed by atoms with Crippen LogP contribution in [0.2, 0.25) is 0 Å². The molecule has 0 amide bonds. The molecule has 0 aliphatic rings. The Hall–Kier alpha value is -2.26. The third-order valence-electron chi connectivity index (χ3n) is 3.72.